The second-order valence-electron chi connectivity index (χ2n) is 5.34. The molecule has 0 aliphatic carbocycles. The van der Waals surface area contributed by atoms with Crippen molar-refractivity contribution in [3.63, 3.8) is 0 Å². The maximum absolute atomic E-state index is 13.8. The number of ether oxygens (including phenoxy) is 1. The first-order chi connectivity index (χ1) is 12.1. The molecule has 3 rings (SSSR count). The van der Waals surface area contributed by atoms with Gasteiger partial charge >= 0.3 is 0 Å². The molecule has 0 aromatic heterocycles. The lowest BCUT2D eigenvalue weighted by Gasteiger charge is -2.12. The molecule has 126 valence electrons. The average Bonchev–Trinajstić information content (AvgIpc) is 2.64. The second-order valence-corrected chi connectivity index (χ2v) is 5.77. The average molecular weight is 356 g/mol. The number of amides is 1. The number of para-hydroxylation sites is 1. The van der Waals surface area contributed by atoms with E-state index in [2.05, 4.69) is 5.32 Å². The van der Waals surface area contributed by atoms with Gasteiger partial charge in [-0.15, -0.1) is 0 Å². The fraction of sp³-hybridized carbons (Fsp3) is 0.0500. The van der Waals surface area contributed by atoms with Crippen LogP contribution in [0.3, 0.4) is 0 Å². The fourth-order valence-electron chi connectivity index (χ4n) is 2.33. The third-order valence-electron chi connectivity index (χ3n) is 3.58. The van der Waals surface area contributed by atoms with Gasteiger partial charge in [0, 0.05) is 16.1 Å². The van der Waals surface area contributed by atoms with Gasteiger partial charge < -0.3 is 10.1 Å². The van der Waals surface area contributed by atoms with Gasteiger partial charge in [-0.05, 0) is 36.4 Å². The number of rotatable bonds is 5. The molecular weight excluding hydrogens is 341 g/mol. The van der Waals surface area contributed by atoms with Crippen LogP contribution in [0.2, 0.25) is 5.02 Å². The van der Waals surface area contributed by atoms with E-state index in [1.165, 1.54) is 18.2 Å². The molecule has 3 aromatic rings. The minimum atomic E-state index is -0.546. The maximum atomic E-state index is 13.8. The Morgan fingerprint density at radius 1 is 1.00 bits per heavy atom. The van der Waals surface area contributed by atoms with Gasteiger partial charge in [-0.3, -0.25) is 4.79 Å². The number of hydrogen-bond acceptors (Lipinski definition) is 2. The van der Waals surface area contributed by atoms with Crippen molar-refractivity contribution in [2.24, 2.45) is 0 Å². The summed E-state index contributed by atoms with van der Waals surface area (Å²) in [5.74, 6) is -0.261. The molecule has 0 heterocycles. The van der Waals surface area contributed by atoms with Gasteiger partial charge in [0.05, 0.1) is 5.69 Å². The van der Waals surface area contributed by atoms with Crippen molar-refractivity contribution < 1.29 is 13.9 Å². The maximum Gasteiger partial charge on any atom is 0.256 e. The number of carbonyl (C=O) groups is 1. The second kappa shape index (κ2) is 7.81. The van der Waals surface area contributed by atoms with Gasteiger partial charge in [0.2, 0.25) is 0 Å². The molecule has 25 heavy (non-hydrogen) atoms. The molecule has 0 bridgehead atoms. The number of hydrogen-bond donors (Lipinski definition) is 1. The zero-order valence-corrected chi connectivity index (χ0v) is 14.0. The zero-order chi connectivity index (χ0) is 17.6. The van der Waals surface area contributed by atoms with Crippen molar-refractivity contribution in [3.8, 4) is 5.75 Å². The summed E-state index contributed by atoms with van der Waals surface area (Å²) in [7, 11) is 0. The van der Waals surface area contributed by atoms with Crippen LogP contribution in [0.1, 0.15) is 15.9 Å². The fourth-order valence-corrected chi connectivity index (χ4v) is 2.50. The summed E-state index contributed by atoms with van der Waals surface area (Å²) < 4.78 is 19.5. The predicted octanol–water partition coefficient (Wildman–Crippen LogP) is 5.31. The first-order valence-corrected chi connectivity index (χ1v) is 8.03. The lowest BCUT2D eigenvalue weighted by atomic mass is 10.1. The van der Waals surface area contributed by atoms with Crippen molar-refractivity contribution in [1.29, 1.82) is 0 Å². The van der Waals surface area contributed by atoms with Crippen LogP contribution in [-0.2, 0) is 6.61 Å². The van der Waals surface area contributed by atoms with E-state index in [-0.39, 0.29) is 12.3 Å². The largest absolute Gasteiger partial charge is 0.489 e. The minimum absolute atomic E-state index is 0.0382. The Kier molecular flexibility index (Phi) is 5.31. The molecule has 0 atom stereocenters. The number of carbonyl (C=O) groups excluding carboxylic acids is 1. The van der Waals surface area contributed by atoms with Gasteiger partial charge in [0.1, 0.15) is 18.2 Å². The van der Waals surface area contributed by atoms with Gasteiger partial charge in [-0.25, -0.2) is 4.39 Å². The van der Waals surface area contributed by atoms with Gasteiger partial charge in [-0.1, -0.05) is 48.0 Å². The standard InChI is InChI=1S/C20H15ClFNO2/c21-15-10-11-18(22)19(12-15)23-20(24)17-9-5-4-6-14(17)13-25-16-7-2-1-3-8-16/h1-12H,13H2,(H,23,24). The first kappa shape index (κ1) is 17.0. The summed E-state index contributed by atoms with van der Waals surface area (Å²) in [5.41, 5.74) is 1.15. The summed E-state index contributed by atoms with van der Waals surface area (Å²) in [5, 5.41) is 2.90. The highest BCUT2D eigenvalue weighted by molar-refractivity contribution is 6.31. The molecule has 3 nitrogen and oxygen atoms in total. The van der Waals surface area contributed by atoms with Crippen molar-refractivity contribution in [1.82, 2.24) is 0 Å². The van der Waals surface area contributed by atoms with E-state index in [0.29, 0.717) is 21.9 Å². The Balaban J connectivity index is 1.77. The van der Waals surface area contributed by atoms with Crippen LogP contribution in [0, 0.1) is 5.82 Å². The lowest BCUT2D eigenvalue weighted by molar-refractivity contribution is 0.102. The minimum Gasteiger partial charge on any atom is -0.489 e. The van der Waals surface area contributed by atoms with Crippen LogP contribution < -0.4 is 10.1 Å². The Bertz CT molecular complexity index is 884. The number of nitrogens with one attached hydrogen (secondary N) is 1. The first-order valence-electron chi connectivity index (χ1n) is 7.65. The molecule has 0 saturated carbocycles. The van der Waals surface area contributed by atoms with Crippen LogP contribution in [0.15, 0.2) is 72.8 Å². The molecular formula is C20H15ClFNO2. The van der Waals surface area contributed by atoms with Crippen LogP contribution in [0.5, 0.6) is 5.75 Å². The monoisotopic (exact) mass is 355 g/mol. The Labute approximate surface area is 150 Å². The number of anilines is 1. The highest BCUT2D eigenvalue weighted by atomic mass is 35.5. The van der Waals surface area contributed by atoms with Crippen molar-refractivity contribution >= 4 is 23.2 Å². The Morgan fingerprint density at radius 2 is 1.72 bits per heavy atom. The molecule has 5 heteroatoms. The normalized spacial score (nSPS) is 10.3. The molecule has 0 aliphatic rings. The lowest BCUT2D eigenvalue weighted by Crippen LogP contribution is -2.16. The van der Waals surface area contributed by atoms with E-state index in [1.807, 2.05) is 36.4 Å². The molecule has 0 saturated heterocycles. The van der Waals surface area contributed by atoms with E-state index in [9.17, 15) is 9.18 Å². The summed E-state index contributed by atoms with van der Waals surface area (Å²) in [6.45, 7) is 0.228. The molecule has 0 unspecified atom stereocenters. The summed E-state index contributed by atoms with van der Waals surface area (Å²) in [6.07, 6.45) is 0. The van der Waals surface area contributed by atoms with Crippen molar-refractivity contribution in [3.05, 3.63) is 94.8 Å². The third-order valence-corrected chi connectivity index (χ3v) is 3.81. The summed E-state index contributed by atoms with van der Waals surface area (Å²) in [4.78, 5) is 12.5. The van der Waals surface area contributed by atoms with Crippen LogP contribution in [-0.4, -0.2) is 5.91 Å². The Hall–Kier alpha value is -2.85. The highest BCUT2D eigenvalue weighted by Gasteiger charge is 2.14. The van der Waals surface area contributed by atoms with Crippen molar-refractivity contribution in [2.45, 2.75) is 6.61 Å². The van der Waals surface area contributed by atoms with Crippen LogP contribution in [0.4, 0.5) is 10.1 Å². The van der Waals surface area contributed by atoms with Gasteiger partial charge in [0.25, 0.3) is 5.91 Å². The molecule has 0 radical (unpaired) electrons. The number of benzene rings is 3. The molecule has 0 aliphatic heterocycles. The SMILES string of the molecule is O=C(Nc1cc(Cl)ccc1F)c1ccccc1COc1ccccc1. The number of halogens is 2. The van der Waals surface area contributed by atoms with Gasteiger partial charge in [-0.2, -0.15) is 0 Å². The molecule has 1 amide bonds. The van der Waals surface area contributed by atoms with E-state index in [1.54, 1.807) is 18.2 Å². The van der Waals surface area contributed by atoms with Crippen LogP contribution >= 0.6 is 11.6 Å². The molecule has 0 fully saturated rings. The molecule has 0 spiro atoms. The van der Waals surface area contributed by atoms with Crippen molar-refractivity contribution in [2.75, 3.05) is 5.32 Å². The van der Waals surface area contributed by atoms with E-state index in [0.717, 1.165) is 0 Å². The summed E-state index contributed by atoms with van der Waals surface area (Å²) in [6, 6.07) is 20.4. The Morgan fingerprint density at radius 3 is 2.52 bits per heavy atom. The zero-order valence-electron chi connectivity index (χ0n) is 13.2. The van der Waals surface area contributed by atoms with Crippen LogP contribution in [0.25, 0.3) is 0 Å². The predicted molar refractivity (Wildman–Crippen MR) is 96.6 cm³/mol. The topological polar surface area (TPSA) is 38.3 Å². The van der Waals surface area contributed by atoms with E-state index < -0.39 is 11.7 Å². The van der Waals surface area contributed by atoms with E-state index >= 15 is 0 Å². The van der Waals surface area contributed by atoms with Gasteiger partial charge in [0.15, 0.2) is 0 Å². The third kappa shape index (κ3) is 4.37. The highest BCUT2D eigenvalue weighted by Crippen LogP contribution is 2.21. The molecule has 1 N–H and O–H groups in total. The quantitative estimate of drug-likeness (QED) is 0.673. The van der Waals surface area contributed by atoms with E-state index in [4.69, 9.17) is 16.3 Å². The molecule has 3 aromatic carbocycles. The summed E-state index contributed by atoms with van der Waals surface area (Å²) >= 11 is 5.86. The smallest absolute Gasteiger partial charge is 0.256 e.